The number of halogens is 1. The van der Waals surface area contributed by atoms with Gasteiger partial charge in [-0.05, 0) is 22.4 Å². The van der Waals surface area contributed by atoms with Crippen molar-refractivity contribution < 1.29 is 9.90 Å². The van der Waals surface area contributed by atoms with Crippen LogP contribution in [0.3, 0.4) is 0 Å². The molecule has 0 aliphatic carbocycles. The maximum atomic E-state index is 10.8. The molecule has 1 aromatic heterocycles. The molecule has 1 atom stereocenters. The van der Waals surface area contributed by atoms with Crippen LogP contribution in [0.1, 0.15) is 25.0 Å². The average molecular weight is 245 g/mol. The molecule has 0 saturated carbocycles. The summed E-state index contributed by atoms with van der Waals surface area (Å²) < 4.78 is 0.643. The van der Waals surface area contributed by atoms with E-state index in [1.807, 2.05) is 6.92 Å². The maximum absolute atomic E-state index is 10.8. The van der Waals surface area contributed by atoms with Crippen LogP contribution < -0.4 is 0 Å². The van der Waals surface area contributed by atoms with Crippen LogP contribution in [0.2, 0.25) is 0 Å². The summed E-state index contributed by atoms with van der Waals surface area (Å²) in [6.07, 6.45) is 3.42. The van der Waals surface area contributed by atoms with Crippen molar-refractivity contribution in [2.75, 3.05) is 0 Å². The Kier molecular flexibility index (Phi) is 3.36. The Bertz CT molecular complexity index is 317. The highest BCUT2D eigenvalue weighted by atomic mass is 79.9. The van der Waals surface area contributed by atoms with Crippen molar-refractivity contribution in [3.63, 3.8) is 0 Å². The Labute approximate surface area is 84.2 Å². The number of carboxylic acids is 1. The highest BCUT2D eigenvalue weighted by Crippen LogP contribution is 2.24. The molecule has 13 heavy (non-hydrogen) atoms. The second-order valence-corrected chi connectivity index (χ2v) is 3.41. The van der Waals surface area contributed by atoms with Crippen LogP contribution in [-0.2, 0) is 4.79 Å². The van der Waals surface area contributed by atoms with Gasteiger partial charge in [-0.3, -0.25) is 4.79 Å². The molecule has 0 amide bonds. The first-order valence-corrected chi connectivity index (χ1v) is 4.64. The van der Waals surface area contributed by atoms with Gasteiger partial charge in [0.2, 0.25) is 0 Å². The van der Waals surface area contributed by atoms with Crippen LogP contribution in [0.15, 0.2) is 17.0 Å². The minimum Gasteiger partial charge on any atom is -0.481 e. The van der Waals surface area contributed by atoms with E-state index >= 15 is 0 Å². The van der Waals surface area contributed by atoms with E-state index in [0.29, 0.717) is 16.6 Å². The quantitative estimate of drug-likeness (QED) is 0.882. The van der Waals surface area contributed by atoms with Gasteiger partial charge in [-0.25, -0.2) is 9.97 Å². The van der Waals surface area contributed by atoms with Crippen molar-refractivity contribution >= 4 is 21.9 Å². The van der Waals surface area contributed by atoms with Crippen molar-refractivity contribution in [3.8, 4) is 0 Å². The molecule has 1 heterocycles. The molecule has 1 unspecified atom stereocenters. The lowest BCUT2D eigenvalue weighted by molar-refractivity contribution is -0.139. The van der Waals surface area contributed by atoms with Crippen LogP contribution in [0, 0.1) is 0 Å². The SMILES string of the molecule is CCC(C(=O)O)c1ncncc1Br. The van der Waals surface area contributed by atoms with Gasteiger partial charge in [0.25, 0.3) is 0 Å². The highest BCUT2D eigenvalue weighted by molar-refractivity contribution is 9.10. The fourth-order valence-corrected chi connectivity index (χ4v) is 1.56. The van der Waals surface area contributed by atoms with Gasteiger partial charge in [0.15, 0.2) is 0 Å². The van der Waals surface area contributed by atoms with E-state index in [1.165, 1.54) is 6.33 Å². The molecule has 0 spiro atoms. The Morgan fingerprint density at radius 3 is 2.92 bits per heavy atom. The fourth-order valence-electron chi connectivity index (χ4n) is 1.06. The zero-order valence-electron chi connectivity index (χ0n) is 7.07. The summed E-state index contributed by atoms with van der Waals surface area (Å²) in [5.74, 6) is -1.42. The molecule has 0 bridgehead atoms. The van der Waals surface area contributed by atoms with E-state index in [-0.39, 0.29) is 0 Å². The van der Waals surface area contributed by atoms with Crippen LogP contribution in [0.4, 0.5) is 0 Å². The van der Waals surface area contributed by atoms with Crippen molar-refractivity contribution in [2.45, 2.75) is 19.3 Å². The van der Waals surface area contributed by atoms with E-state index in [4.69, 9.17) is 5.11 Å². The monoisotopic (exact) mass is 244 g/mol. The van der Waals surface area contributed by atoms with E-state index < -0.39 is 11.9 Å². The number of rotatable bonds is 3. The first kappa shape index (κ1) is 10.1. The van der Waals surface area contributed by atoms with E-state index in [2.05, 4.69) is 25.9 Å². The fraction of sp³-hybridized carbons (Fsp3) is 0.375. The number of hydrogen-bond acceptors (Lipinski definition) is 3. The molecule has 0 aromatic carbocycles. The molecule has 0 fully saturated rings. The second-order valence-electron chi connectivity index (χ2n) is 2.55. The van der Waals surface area contributed by atoms with Crippen LogP contribution in [0.5, 0.6) is 0 Å². The first-order chi connectivity index (χ1) is 6.16. The highest BCUT2D eigenvalue weighted by Gasteiger charge is 2.21. The Balaban J connectivity index is 3.04. The molecule has 0 aliphatic rings. The summed E-state index contributed by atoms with van der Waals surface area (Å²) in [6, 6.07) is 0. The number of hydrogen-bond donors (Lipinski definition) is 1. The van der Waals surface area contributed by atoms with Crippen molar-refractivity contribution in [3.05, 3.63) is 22.7 Å². The molecular formula is C8H9BrN2O2. The zero-order valence-corrected chi connectivity index (χ0v) is 8.65. The van der Waals surface area contributed by atoms with Crippen LogP contribution >= 0.6 is 15.9 Å². The minimum absolute atomic E-state index is 0.519. The molecule has 1 N–H and O–H groups in total. The predicted molar refractivity (Wildman–Crippen MR) is 50.4 cm³/mol. The van der Waals surface area contributed by atoms with Crippen LogP contribution in [-0.4, -0.2) is 21.0 Å². The van der Waals surface area contributed by atoms with E-state index in [1.54, 1.807) is 6.20 Å². The van der Waals surface area contributed by atoms with Gasteiger partial charge >= 0.3 is 5.97 Å². The molecule has 1 rings (SSSR count). The van der Waals surface area contributed by atoms with Gasteiger partial charge < -0.3 is 5.11 Å². The third-order valence-electron chi connectivity index (χ3n) is 1.73. The zero-order chi connectivity index (χ0) is 9.84. The van der Waals surface area contributed by atoms with Crippen molar-refractivity contribution in [1.82, 2.24) is 9.97 Å². The van der Waals surface area contributed by atoms with E-state index in [9.17, 15) is 4.79 Å². The van der Waals surface area contributed by atoms with Gasteiger partial charge in [-0.1, -0.05) is 6.92 Å². The Morgan fingerprint density at radius 1 is 1.77 bits per heavy atom. The summed E-state index contributed by atoms with van der Waals surface area (Å²) in [4.78, 5) is 18.5. The first-order valence-electron chi connectivity index (χ1n) is 3.85. The number of aliphatic carboxylic acids is 1. The normalized spacial score (nSPS) is 12.5. The molecule has 0 radical (unpaired) electrons. The summed E-state index contributed by atoms with van der Waals surface area (Å²) in [5, 5.41) is 8.87. The molecule has 0 aliphatic heterocycles. The third kappa shape index (κ3) is 2.24. The average Bonchev–Trinajstić information content (AvgIpc) is 2.09. The third-order valence-corrected chi connectivity index (χ3v) is 2.34. The largest absolute Gasteiger partial charge is 0.481 e. The molecule has 4 nitrogen and oxygen atoms in total. The Morgan fingerprint density at radius 2 is 2.46 bits per heavy atom. The summed E-state index contributed by atoms with van der Waals surface area (Å²) in [5.41, 5.74) is 0.532. The van der Waals surface area contributed by atoms with Gasteiger partial charge in [0.05, 0.1) is 16.1 Å². The minimum atomic E-state index is -0.859. The number of carboxylic acid groups (broad SMARTS) is 1. The predicted octanol–water partition coefficient (Wildman–Crippen LogP) is 1.82. The number of carbonyl (C=O) groups is 1. The van der Waals surface area contributed by atoms with Crippen molar-refractivity contribution in [2.24, 2.45) is 0 Å². The maximum Gasteiger partial charge on any atom is 0.312 e. The second kappa shape index (κ2) is 4.32. The van der Waals surface area contributed by atoms with E-state index in [0.717, 1.165) is 0 Å². The molecule has 5 heteroatoms. The number of nitrogens with zero attached hydrogens (tertiary/aromatic N) is 2. The number of aromatic nitrogens is 2. The summed E-state index contributed by atoms with van der Waals surface area (Å²) >= 11 is 3.22. The van der Waals surface area contributed by atoms with Gasteiger partial charge in [-0.15, -0.1) is 0 Å². The topological polar surface area (TPSA) is 63.1 Å². The molecular weight excluding hydrogens is 236 g/mol. The van der Waals surface area contributed by atoms with Gasteiger partial charge in [0, 0.05) is 6.20 Å². The van der Waals surface area contributed by atoms with Crippen molar-refractivity contribution in [1.29, 1.82) is 0 Å². The molecule has 1 aromatic rings. The van der Waals surface area contributed by atoms with Gasteiger partial charge in [0.1, 0.15) is 6.33 Å². The molecule has 0 saturated heterocycles. The van der Waals surface area contributed by atoms with Gasteiger partial charge in [-0.2, -0.15) is 0 Å². The standard InChI is InChI=1S/C8H9BrN2O2/c1-2-5(8(12)13)7-6(9)3-10-4-11-7/h3-5H,2H2,1H3,(H,12,13). The smallest absolute Gasteiger partial charge is 0.312 e. The Hall–Kier alpha value is -0.970. The lowest BCUT2D eigenvalue weighted by atomic mass is 10.0. The summed E-state index contributed by atoms with van der Waals surface area (Å²) in [6.45, 7) is 1.81. The lowest BCUT2D eigenvalue weighted by Gasteiger charge is -2.09. The lowest BCUT2D eigenvalue weighted by Crippen LogP contribution is -2.12. The molecule has 70 valence electrons. The summed E-state index contributed by atoms with van der Waals surface area (Å²) in [7, 11) is 0. The van der Waals surface area contributed by atoms with Crippen LogP contribution in [0.25, 0.3) is 0 Å².